The van der Waals surface area contributed by atoms with Crippen molar-refractivity contribution in [3.8, 4) is 22.6 Å². The molecule has 2 aromatic carbocycles. The van der Waals surface area contributed by atoms with Crippen LogP contribution in [0.4, 0.5) is 0 Å². The van der Waals surface area contributed by atoms with E-state index in [4.69, 9.17) is 0 Å². The molecule has 0 aliphatic carbocycles. The number of carbonyl (C=O) groups excluding carboxylic acids is 8. The van der Waals surface area contributed by atoms with Crippen LogP contribution in [0.5, 0.6) is 11.5 Å². The van der Waals surface area contributed by atoms with Gasteiger partial charge in [-0.1, -0.05) is 96.1 Å². The molecule has 0 saturated carbocycles. The number of likely N-dealkylation sites (N-methyl/N-ethyl adjacent to an activating group) is 2. The summed E-state index contributed by atoms with van der Waals surface area (Å²) in [6.45, 7) is 3.35. The average molecular weight is 950 g/mol. The number of aldehydes is 1. The number of aliphatic hydroxyl groups excluding tert-OH is 1. The molecule has 7 amide bonds. The van der Waals surface area contributed by atoms with Crippen molar-refractivity contribution in [2.24, 2.45) is 0 Å². The molecule has 1 aliphatic heterocycles. The third kappa shape index (κ3) is 17.9. The van der Waals surface area contributed by atoms with Crippen molar-refractivity contribution in [2.45, 2.75) is 160 Å². The number of benzene rings is 2. The van der Waals surface area contributed by atoms with Crippen molar-refractivity contribution in [3.05, 3.63) is 47.5 Å². The molecule has 5 atom stereocenters. The van der Waals surface area contributed by atoms with Crippen molar-refractivity contribution >= 4 is 47.6 Å². The van der Waals surface area contributed by atoms with Gasteiger partial charge < -0.3 is 56.5 Å². The largest absolute Gasteiger partial charge is 0.507 e. The van der Waals surface area contributed by atoms with Gasteiger partial charge in [-0.15, -0.1) is 0 Å². The summed E-state index contributed by atoms with van der Waals surface area (Å²) in [5, 5.41) is 44.6. The smallest absolute Gasteiger partial charge is 0.248 e. The van der Waals surface area contributed by atoms with Gasteiger partial charge >= 0.3 is 0 Å². The summed E-state index contributed by atoms with van der Waals surface area (Å²) in [6, 6.07) is 2.61. The summed E-state index contributed by atoms with van der Waals surface area (Å²) in [7, 11) is 2.72. The Morgan fingerprint density at radius 3 is 1.97 bits per heavy atom. The highest BCUT2D eigenvalue weighted by atomic mass is 16.3. The Balaban J connectivity index is 1.66. The number of hydrogen-bond acceptors (Lipinski definition) is 11. The maximum absolute atomic E-state index is 14.1. The summed E-state index contributed by atoms with van der Waals surface area (Å²) in [6.07, 6.45) is 16.7. The number of amides is 7. The van der Waals surface area contributed by atoms with Crippen LogP contribution < -0.4 is 26.6 Å². The number of nitrogens with zero attached hydrogens (tertiary/aromatic N) is 2. The van der Waals surface area contributed by atoms with Gasteiger partial charge in [0.25, 0.3) is 0 Å². The van der Waals surface area contributed by atoms with E-state index >= 15 is 0 Å². The van der Waals surface area contributed by atoms with Crippen molar-refractivity contribution in [1.82, 2.24) is 36.4 Å². The van der Waals surface area contributed by atoms with Gasteiger partial charge in [-0.05, 0) is 74.9 Å². The van der Waals surface area contributed by atoms with E-state index in [1.807, 2.05) is 0 Å². The van der Waals surface area contributed by atoms with E-state index in [2.05, 4.69) is 33.5 Å². The van der Waals surface area contributed by atoms with Gasteiger partial charge in [-0.2, -0.15) is 0 Å². The first kappa shape index (κ1) is 56.3. The second-order valence-electron chi connectivity index (χ2n) is 17.8. The number of aromatic hydroxyl groups is 2. The Morgan fingerprint density at radius 1 is 0.779 bits per heavy atom. The van der Waals surface area contributed by atoms with Crippen LogP contribution in [0.3, 0.4) is 0 Å². The van der Waals surface area contributed by atoms with Crippen LogP contribution in [-0.2, 0) is 44.8 Å². The van der Waals surface area contributed by atoms with Gasteiger partial charge in [0.1, 0.15) is 48.0 Å². The predicted octanol–water partition coefficient (Wildman–Crippen LogP) is 3.83. The van der Waals surface area contributed by atoms with E-state index in [9.17, 15) is 53.7 Å². The van der Waals surface area contributed by atoms with Crippen LogP contribution >= 0.6 is 0 Å². The average Bonchev–Trinajstić information content (AvgIpc) is 3.31. The molecule has 18 nitrogen and oxygen atoms in total. The lowest BCUT2D eigenvalue weighted by atomic mass is 9.94. The number of phenols is 2. The lowest BCUT2D eigenvalue weighted by Gasteiger charge is -2.30. The topological polar surface area (TPSA) is 264 Å². The zero-order chi connectivity index (χ0) is 50.2. The van der Waals surface area contributed by atoms with Crippen molar-refractivity contribution in [1.29, 1.82) is 0 Å². The first-order chi connectivity index (χ1) is 32.5. The number of rotatable bonds is 25. The maximum atomic E-state index is 14.1. The SMILES string of the molecule is CCCCCCCCCCCCCCCC(=O)N(C)[C@H](CO)C(=O)N[C@H](C)C(=O)NCC(=O)N(C)[C@@H]1C(=O)N[C@@H](C)C(=O)N[C@H](C(=O)NCC=O)CCCc2ccc(O)c(c2)-c2cc1ccc2O. The number of fused-ring (bicyclic) bond motifs is 5. The van der Waals surface area contributed by atoms with Gasteiger partial charge in [-0.3, -0.25) is 33.6 Å². The van der Waals surface area contributed by atoms with Gasteiger partial charge in [0.2, 0.25) is 41.4 Å². The first-order valence-corrected chi connectivity index (χ1v) is 24.2. The normalized spacial score (nSPS) is 17.1. The molecular formula is C50H75N7O11. The minimum Gasteiger partial charge on any atom is -0.507 e. The standard InChI is InChI=1S/C50H75N7O11/c1-6-7-8-9-10-11-12-13-14-15-16-17-18-22-43(62)56(4)40(32-59)49(67)53-33(2)46(64)52-31-44(63)57(5)45-36-24-26-42(61)38(30-36)37-29-35(23-25-41(37)60)20-19-21-39(48(66)51-27-28-58)55-47(65)34(3)54-50(45)68/h23-26,28-30,33-34,39-40,45,59-61H,6-22,27,31-32H2,1-5H3,(H,51,66)(H,52,64)(H,53,67)(H,54,68)(H,55,65)/t33-,34+,39+,40-,45+/m1/s1. The summed E-state index contributed by atoms with van der Waals surface area (Å²) in [4.78, 5) is 107. The molecule has 2 aromatic rings. The van der Waals surface area contributed by atoms with Gasteiger partial charge in [-0.25, -0.2) is 0 Å². The molecule has 8 N–H and O–H groups in total. The molecule has 0 radical (unpaired) electrons. The van der Waals surface area contributed by atoms with E-state index in [1.165, 1.54) is 115 Å². The Hall–Kier alpha value is -6.04. The summed E-state index contributed by atoms with van der Waals surface area (Å²) >= 11 is 0. The van der Waals surface area contributed by atoms with Crippen molar-refractivity contribution in [3.63, 3.8) is 0 Å². The number of unbranched alkanes of at least 4 members (excludes halogenated alkanes) is 12. The Kier molecular flexibility index (Phi) is 24.5. The van der Waals surface area contributed by atoms with Crippen LogP contribution in [0.2, 0.25) is 0 Å². The fraction of sp³-hybridized carbons (Fsp3) is 0.600. The molecule has 376 valence electrons. The van der Waals surface area contributed by atoms with Gasteiger partial charge in [0.05, 0.1) is 19.7 Å². The second-order valence-corrected chi connectivity index (χ2v) is 17.8. The van der Waals surface area contributed by atoms with E-state index in [-0.39, 0.29) is 53.5 Å². The molecule has 0 spiro atoms. The lowest BCUT2D eigenvalue weighted by molar-refractivity contribution is -0.142. The zero-order valence-electron chi connectivity index (χ0n) is 40.6. The molecule has 68 heavy (non-hydrogen) atoms. The maximum Gasteiger partial charge on any atom is 0.248 e. The predicted molar refractivity (Wildman–Crippen MR) is 257 cm³/mol. The molecule has 4 bridgehead atoms. The minimum absolute atomic E-state index is 0.135. The molecule has 0 aromatic heterocycles. The van der Waals surface area contributed by atoms with E-state index in [0.717, 1.165) is 29.7 Å². The number of aryl methyl sites for hydroxylation is 1. The molecule has 1 heterocycles. The summed E-state index contributed by atoms with van der Waals surface area (Å²) < 4.78 is 0. The number of aliphatic hydroxyl groups is 1. The Bertz CT molecular complexity index is 2010. The second kappa shape index (κ2) is 29.7. The fourth-order valence-electron chi connectivity index (χ4n) is 8.13. The Morgan fingerprint density at radius 2 is 1.37 bits per heavy atom. The third-order valence-corrected chi connectivity index (χ3v) is 12.4. The van der Waals surface area contributed by atoms with Crippen LogP contribution in [-0.4, -0.2) is 131 Å². The van der Waals surface area contributed by atoms with Crippen LogP contribution in [0, 0.1) is 0 Å². The Labute approximate surface area is 400 Å². The van der Waals surface area contributed by atoms with Gasteiger partial charge in [0, 0.05) is 31.6 Å². The highest BCUT2D eigenvalue weighted by Gasteiger charge is 2.34. The molecule has 3 rings (SSSR count). The summed E-state index contributed by atoms with van der Waals surface area (Å²) in [5.74, 6) is -5.24. The molecule has 0 unspecified atom stereocenters. The fourth-order valence-corrected chi connectivity index (χ4v) is 8.13. The van der Waals surface area contributed by atoms with Crippen LogP contribution in [0.15, 0.2) is 36.4 Å². The highest BCUT2D eigenvalue weighted by Crippen LogP contribution is 2.38. The highest BCUT2D eigenvalue weighted by molar-refractivity contribution is 5.96. The quantitative estimate of drug-likeness (QED) is 0.0524. The minimum atomic E-state index is -1.48. The molecule has 0 fully saturated rings. The van der Waals surface area contributed by atoms with Crippen molar-refractivity contribution in [2.75, 3.05) is 33.8 Å². The third-order valence-electron chi connectivity index (χ3n) is 12.4. The monoisotopic (exact) mass is 950 g/mol. The van der Waals surface area contributed by atoms with Gasteiger partial charge in [0.15, 0.2) is 0 Å². The summed E-state index contributed by atoms with van der Waals surface area (Å²) in [5.41, 5.74) is 1.24. The van der Waals surface area contributed by atoms with Crippen molar-refractivity contribution < 1.29 is 53.7 Å². The molecular weight excluding hydrogens is 875 g/mol. The number of carbonyl (C=O) groups is 8. The molecule has 0 saturated heterocycles. The van der Waals surface area contributed by atoms with Crippen LogP contribution in [0.1, 0.15) is 141 Å². The van der Waals surface area contributed by atoms with Crippen LogP contribution in [0.25, 0.3) is 11.1 Å². The molecule has 18 heteroatoms. The number of nitrogens with one attached hydrogen (secondary N) is 5. The lowest BCUT2D eigenvalue weighted by Crippen LogP contribution is -2.55. The molecule has 1 aliphatic rings. The first-order valence-electron chi connectivity index (χ1n) is 24.2. The van der Waals surface area contributed by atoms with E-state index in [0.29, 0.717) is 25.5 Å². The number of hydrogen-bond donors (Lipinski definition) is 8. The van der Waals surface area contributed by atoms with E-state index < -0.39 is 78.8 Å². The van der Waals surface area contributed by atoms with E-state index in [1.54, 1.807) is 12.1 Å². The number of phenolic OH excluding ortho intramolecular Hbond substituents is 2. The zero-order valence-corrected chi connectivity index (χ0v) is 40.6.